The van der Waals surface area contributed by atoms with Crippen LogP contribution in [0.15, 0.2) is 266 Å². The first kappa shape index (κ1) is 43.6. The molecule has 0 saturated carbocycles. The van der Waals surface area contributed by atoms with E-state index in [0.29, 0.717) is 5.84 Å². The highest BCUT2D eigenvalue weighted by molar-refractivity contribution is 6.00. The van der Waals surface area contributed by atoms with Crippen molar-refractivity contribution >= 4 is 11.5 Å². The predicted molar refractivity (Wildman–Crippen MR) is 278 cm³/mol. The minimum Gasteiger partial charge on any atom is -0.383 e. The van der Waals surface area contributed by atoms with E-state index in [-0.39, 0.29) is 5.41 Å². The van der Waals surface area contributed by atoms with Gasteiger partial charge < -0.3 is 5.73 Å². The lowest BCUT2D eigenvalue weighted by atomic mass is 9.67. The Morgan fingerprint density at radius 3 is 1.34 bits per heavy atom. The van der Waals surface area contributed by atoms with Crippen LogP contribution in [-0.2, 0) is 5.41 Å². The van der Waals surface area contributed by atoms with Gasteiger partial charge in [0.05, 0.1) is 11.1 Å². The third-order valence-electron chi connectivity index (χ3n) is 11.8. The Morgan fingerprint density at radius 2 is 0.831 bits per heavy atom. The third kappa shape index (κ3) is 9.49. The molecule has 0 unspecified atom stereocenters. The molecular formula is C63H54N2. The first-order valence-corrected chi connectivity index (χ1v) is 22.4. The van der Waals surface area contributed by atoms with Crippen LogP contribution in [0.4, 0.5) is 0 Å². The number of hydrogen-bond donors (Lipinski definition) is 1. The van der Waals surface area contributed by atoms with Crippen molar-refractivity contribution in [3.8, 4) is 44.5 Å². The van der Waals surface area contributed by atoms with E-state index in [1.165, 1.54) is 66.8 Å². The molecule has 316 valence electrons. The smallest absolute Gasteiger partial charge is 0.131 e. The van der Waals surface area contributed by atoms with Gasteiger partial charge in [-0.05, 0) is 91.7 Å². The molecule has 1 aliphatic carbocycles. The molecule has 0 heterocycles. The van der Waals surface area contributed by atoms with E-state index in [9.17, 15) is 0 Å². The van der Waals surface area contributed by atoms with Crippen molar-refractivity contribution in [2.75, 3.05) is 0 Å². The number of aliphatic imine (C=N–C) groups is 1. The summed E-state index contributed by atoms with van der Waals surface area (Å²) in [6, 6.07) is 86.1. The molecule has 2 heteroatoms. The van der Waals surface area contributed by atoms with Gasteiger partial charge in [0.2, 0.25) is 0 Å². The lowest BCUT2D eigenvalue weighted by Gasteiger charge is -2.33. The van der Waals surface area contributed by atoms with Gasteiger partial charge in [-0.25, -0.2) is 4.99 Å². The Hall–Kier alpha value is -8.07. The Bertz CT molecular complexity index is 2950. The topological polar surface area (TPSA) is 38.4 Å². The zero-order valence-corrected chi connectivity index (χ0v) is 37.2. The summed E-state index contributed by atoms with van der Waals surface area (Å²) >= 11 is 0. The molecule has 10 rings (SSSR count). The van der Waals surface area contributed by atoms with Gasteiger partial charge in [0.25, 0.3) is 0 Å². The monoisotopic (exact) mass is 838 g/mol. The quantitative estimate of drug-likeness (QED) is 0.0878. The highest BCUT2D eigenvalue weighted by atomic mass is 14.9. The summed E-state index contributed by atoms with van der Waals surface area (Å²) in [5.41, 5.74) is 24.0. The molecule has 9 aromatic carbocycles. The molecule has 0 amide bonds. The molecule has 0 radical (unpaired) electrons. The maximum Gasteiger partial charge on any atom is 0.131 e. The molecule has 9 aromatic rings. The fraction of sp³-hybridized carbons (Fsp3) is 0.0635. The molecule has 0 bridgehead atoms. The molecule has 0 atom stereocenters. The van der Waals surface area contributed by atoms with E-state index < -0.39 is 0 Å². The highest BCUT2D eigenvalue weighted by Gasteiger charge is 2.45. The number of amidine groups is 1. The van der Waals surface area contributed by atoms with Gasteiger partial charge in [-0.15, -0.1) is 6.58 Å². The fourth-order valence-electron chi connectivity index (χ4n) is 8.80. The largest absolute Gasteiger partial charge is 0.383 e. The summed E-state index contributed by atoms with van der Waals surface area (Å²) in [7, 11) is 0. The Morgan fingerprint density at radius 1 is 0.446 bits per heavy atom. The van der Waals surface area contributed by atoms with Crippen molar-refractivity contribution in [3.63, 3.8) is 0 Å². The van der Waals surface area contributed by atoms with E-state index >= 15 is 0 Å². The Kier molecular flexibility index (Phi) is 14.0. The van der Waals surface area contributed by atoms with Crippen LogP contribution < -0.4 is 5.73 Å². The average molecular weight is 839 g/mol. The van der Waals surface area contributed by atoms with E-state index in [4.69, 9.17) is 5.73 Å². The molecule has 0 aliphatic heterocycles. The lowest BCUT2D eigenvalue weighted by Crippen LogP contribution is -2.28. The maximum atomic E-state index is 6.19. The molecule has 65 heavy (non-hydrogen) atoms. The molecule has 0 saturated heterocycles. The summed E-state index contributed by atoms with van der Waals surface area (Å²) in [6.45, 7) is 7.35. The zero-order valence-electron chi connectivity index (χ0n) is 37.2. The normalized spacial score (nSPS) is 12.3. The van der Waals surface area contributed by atoms with Crippen LogP contribution in [-0.4, -0.2) is 5.84 Å². The standard InChI is InChI=1S/C37H26.C23H22N2.C3H6/c1-4-12-27(13-5-1)28-20-22-29(23-21-28)30-24-25-36-34(26-30)33-18-10-11-19-35(33)37(36,31-14-6-2-7-15-31)32-16-8-3-9-17-32;1-2-9-22(25-23(24)21-12-7-4-8-13-21)20-16-14-19(15-17-20)18-10-5-3-6-11-18;1-3-2/h1-26H;3-17H,2H2,1H3,(H2,24,25);3H,1H2,2H3/b;22-9-;. The number of fused-ring (bicyclic) bond motifs is 3. The SMILES string of the molecule is C=CC.CC/C=C(\N=C(N)c1ccccc1)c1ccc(-c2ccccc2)cc1.c1ccc(-c2ccc(-c3ccc4c(c3)-c3ccccc3C4(c3ccccc3)c3ccccc3)cc2)cc1. The second-order valence-electron chi connectivity index (χ2n) is 15.9. The van der Waals surface area contributed by atoms with Crippen LogP contribution in [0.2, 0.25) is 0 Å². The van der Waals surface area contributed by atoms with Gasteiger partial charge in [-0.3, -0.25) is 0 Å². The zero-order chi connectivity index (χ0) is 44.9. The second kappa shape index (κ2) is 20.9. The van der Waals surface area contributed by atoms with Crippen LogP contribution in [0.25, 0.3) is 50.2 Å². The average Bonchev–Trinajstić information content (AvgIpc) is 3.68. The van der Waals surface area contributed by atoms with Crippen molar-refractivity contribution in [3.05, 3.63) is 295 Å². The Labute approximate surface area is 385 Å². The maximum absolute atomic E-state index is 6.19. The van der Waals surface area contributed by atoms with E-state index in [2.05, 4.69) is 231 Å². The summed E-state index contributed by atoms with van der Waals surface area (Å²) in [5, 5.41) is 0. The van der Waals surface area contributed by atoms with Crippen molar-refractivity contribution in [2.24, 2.45) is 10.7 Å². The van der Waals surface area contributed by atoms with Gasteiger partial charge in [-0.1, -0.05) is 256 Å². The summed E-state index contributed by atoms with van der Waals surface area (Å²) < 4.78 is 0. The first-order valence-electron chi connectivity index (χ1n) is 22.4. The van der Waals surface area contributed by atoms with Gasteiger partial charge in [0.1, 0.15) is 5.84 Å². The van der Waals surface area contributed by atoms with Gasteiger partial charge >= 0.3 is 0 Å². The van der Waals surface area contributed by atoms with Gasteiger partial charge in [0, 0.05) is 5.56 Å². The predicted octanol–water partition coefficient (Wildman–Crippen LogP) is 16.1. The number of allylic oxidation sites excluding steroid dienone is 2. The van der Waals surface area contributed by atoms with Gasteiger partial charge in [0.15, 0.2) is 0 Å². The van der Waals surface area contributed by atoms with E-state index in [1.54, 1.807) is 6.08 Å². The van der Waals surface area contributed by atoms with Crippen LogP contribution in [0.5, 0.6) is 0 Å². The van der Waals surface area contributed by atoms with E-state index in [0.717, 1.165) is 23.2 Å². The van der Waals surface area contributed by atoms with Crippen molar-refractivity contribution in [2.45, 2.75) is 25.7 Å². The van der Waals surface area contributed by atoms with Crippen molar-refractivity contribution in [1.29, 1.82) is 0 Å². The van der Waals surface area contributed by atoms with Gasteiger partial charge in [-0.2, -0.15) is 0 Å². The van der Waals surface area contributed by atoms with Crippen molar-refractivity contribution in [1.82, 2.24) is 0 Å². The number of nitrogens with two attached hydrogens (primary N) is 1. The summed E-state index contributed by atoms with van der Waals surface area (Å²) in [4.78, 5) is 4.66. The molecule has 0 spiro atoms. The fourth-order valence-corrected chi connectivity index (χ4v) is 8.80. The highest BCUT2D eigenvalue weighted by Crippen LogP contribution is 2.56. The minimum atomic E-state index is -0.343. The van der Waals surface area contributed by atoms with Crippen LogP contribution in [0.1, 0.15) is 53.6 Å². The Balaban J connectivity index is 0.000000179. The van der Waals surface area contributed by atoms with Crippen LogP contribution >= 0.6 is 0 Å². The number of benzene rings is 9. The molecular weight excluding hydrogens is 785 g/mol. The lowest BCUT2D eigenvalue weighted by molar-refractivity contribution is 0.768. The minimum absolute atomic E-state index is 0.343. The third-order valence-corrected chi connectivity index (χ3v) is 11.8. The number of rotatable bonds is 9. The second-order valence-corrected chi connectivity index (χ2v) is 15.9. The summed E-state index contributed by atoms with van der Waals surface area (Å²) in [6.07, 6.45) is 4.76. The van der Waals surface area contributed by atoms with Crippen LogP contribution in [0.3, 0.4) is 0 Å². The molecule has 0 fully saturated rings. The molecule has 0 aromatic heterocycles. The van der Waals surface area contributed by atoms with Crippen LogP contribution in [0, 0.1) is 0 Å². The summed E-state index contributed by atoms with van der Waals surface area (Å²) in [5.74, 6) is 0.535. The first-order chi connectivity index (χ1) is 32.0. The van der Waals surface area contributed by atoms with Crippen molar-refractivity contribution < 1.29 is 0 Å². The molecule has 1 aliphatic rings. The van der Waals surface area contributed by atoms with E-state index in [1.807, 2.05) is 43.3 Å². The number of nitrogens with zero attached hydrogens (tertiary/aromatic N) is 1. The number of hydrogen-bond acceptors (Lipinski definition) is 1. The molecule has 2 N–H and O–H groups in total. The molecule has 2 nitrogen and oxygen atoms in total.